The van der Waals surface area contributed by atoms with Crippen molar-refractivity contribution in [2.24, 2.45) is 0 Å². The summed E-state index contributed by atoms with van der Waals surface area (Å²) in [7, 11) is 4.25. The van der Waals surface area contributed by atoms with E-state index in [4.69, 9.17) is 0 Å². The van der Waals surface area contributed by atoms with Crippen LogP contribution in [0, 0.1) is 0 Å². The van der Waals surface area contributed by atoms with Crippen LogP contribution in [0.3, 0.4) is 0 Å². The summed E-state index contributed by atoms with van der Waals surface area (Å²) in [5.74, 6) is 0. The molecule has 100 valence electrons. The van der Waals surface area contributed by atoms with Crippen LogP contribution >= 0.6 is 0 Å². The second-order valence-corrected chi connectivity index (χ2v) is 5.84. The molecule has 0 saturated carbocycles. The fraction of sp³-hybridized carbons (Fsp3) is 1.00. The highest BCUT2D eigenvalue weighted by molar-refractivity contribution is 4.91. The maximum absolute atomic E-state index is 9.91. The molecule has 3 unspecified atom stereocenters. The minimum absolute atomic E-state index is 0.115. The largest absolute Gasteiger partial charge is 0.392 e. The van der Waals surface area contributed by atoms with E-state index in [2.05, 4.69) is 29.2 Å². The highest BCUT2D eigenvalue weighted by Gasteiger charge is 2.35. The van der Waals surface area contributed by atoms with Crippen molar-refractivity contribution < 1.29 is 5.11 Å². The van der Waals surface area contributed by atoms with Crippen LogP contribution < -0.4 is 5.32 Å². The Morgan fingerprint density at radius 1 is 1.29 bits per heavy atom. The quantitative estimate of drug-likeness (QED) is 0.736. The summed E-state index contributed by atoms with van der Waals surface area (Å²) in [6, 6.07) is 1.22. The zero-order valence-electron chi connectivity index (χ0n) is 11.2. The van der Waals surface area contributed by atoms with Gasteiger partial charge in [0.05, 0.1) is 6.10 Å². The van der Waals surface area contributed by atoms with Crippen LogP contribution in [-0.4, -0.2) is 73.4 Å². The molecule has 0 radical (unpaired) electrons. The van der Waals surface area contributed by atoms with Crippen LogP contribution in [0.15, 0.2) is 0 Å². The van der Waals surface area contributed by atoms with Gasteiger partial charge in [-0.3, -0.25) is 4.90 Å². The lowest BCUT2D eigenvalue weighted by atomic mass is 10.1. The maximum Gasteiger partial charge on any atom is 0.0682 e. The average molecular weight is 241 g/mol. The highest BCUT2D eigenvalue weighted by atomic mass is 16.3. The van der Waals surface area contributed by atoms with Gasteiger partial charge in [0.15, 0.2) is 0 Å². The third kappa shape index (κ3) is 3.65. The number of nitrogens with one attached hydrogen (secondary N) is 1. The molecule has 3 atom stereocenters. The van der Waals surface area contributed by atoms with Crippen LogP contribution in [0.25, 0.3) is 0 Å². The lowest BCUT2D eigenvalue weighted by molar-refractivity contribution is 0.127. The summed E-state index contributed by atoms with van der Waals surface area (Å²) in [5, 5.41) is 13.4. The molecule has 4 nitrogen and oxygen atoms in total. The van der Waals surface area contributed by atoms with Gasteiger partial charge in [0.1, 0.15) is 0 Å². The van der Waals surface area contributed by atoms with Crippen molar-refractivity contribution in [1.29, 1.82) is 0 Å². The smallest absolute Gasteiger partial charge is 0.0682 e. The van der Waals surface area contributed by atoms with E-state index in [0.29, 0.717) is 12.1 Å². The van der Waals surface area contributed by atoms with Crippen molar-refractivity contribution in [3.05, 3.63) is 0 Å². The first-order valence-corrected chi connectivity index (χ1v) is 6.96. The SMILES string of the molecule is CN(C)CC1CC(O)CN1C1CCCNCC1. The summed E-state index contributed by atoms with van der Waals surface area (Å²) in [5.41, 5.74) is 0. The van der Waals surface area contributed by atoms with E-state index in [1.807, 2.05) is 0 Å². The maximum atomic E-state index is 9.91. The second kappa shape index (κ2) is 6.14. The standard InChI is InChI=1S/C13H27N3O/c1-15(2)9-12-8-13(17)10-16(12)11-4-3-6-14-7-5-11/h11-14,17H,3-10H2,1-2H3. The molecule has 2 heterocycles. The predicted octanol–water partition coefficient (Wildman–Crippen LogP) is 0.125. The minimum Gasteiger partial charge on any atom is -0.392 e. The summed E-state index contributed by atoms with van der Waals surface area (Å²) in [4.78, 5) is 4.81. The van der Waals surface area contributed by atoms with Gasteiger partial charge in [-0.1, -0.05) is 0 Å². The fourth-order valence-electron chi connectivity index (χ4n) is 3.30. The number of likely N-dealkylation sites (N-methyl/N-ethyl adjacent to an activating group) is 1. The van der Waals surface area contributed by atoms with Crippen molar-refractivity contribution in [3.63, 3.8) is 0 Å². The van der Waals surface area contributed by atoms with Gasteiger partial charge < -0.3 is 15.3 Å². The number of nitrogens with zero attached hydrogens (tertiary/aromatic N) is 2. The van der Waals surface area contributed by atoms with Gasteiger partial charge in [0.2, 0.25) is 0 Å². The second-order valence-electron chi connectivity index (χ2n) is 5.84. The molecular formula is C13H27N3O. The van der Waals surface area contributed by atoms with Crippen LogP contribution in [0.2, 0.25) is 0 Å². The minimum atomic E-state index is -0.115. The molecule has 2 fully saturated rings. The predicted molar refractivity (Wildman–Crippen MR) is 70.2 cm³/mol. The highest BCUT2D eigenvalue weighted by Crippen LogP contribution is 2.25. The van der Waals surface area contributed by atoms with Crippen LogP contribution in [0.5, 0.6) is 0 Å². The topological polar surface area (TPSA) is 38.7 Å². The number of likely N-dealkylation sites (tertiary alicyclic amines) is 1. The van der Waals surface area contributed by atoms with Crippen molar-refractivity contribution in [1.82, 2.24) is 15.1 Å². The third-order valence-corrected chi connectivity index (χ3v) is 4.02. The molecule has 4 heteroatoms. The number of β-amino-alcohol motifs (C(OH)–C–C–N with tert-alkyl or cyclic N) is 1. The molecule has 2 saturated heterocycles. The molecule has 0 aromatic carbocycles. The van der Waals surface area contributed by atoms with Gasteiger partial charge in [0.25, 0.3) is 0 Å². The average Bonchev–Trinajstić information content (AvgIpc) is 2.52. The van der Waals surface area contributed by atoms with Crippen molar-refractivity contribution in [2.75, 3.05) is 40.3 Å². The van der Waals surface area contributed by atoms with Crippen molar-refractivity contribution in [3.8, 4) is 0 Å². The first kappa shape index (κ1) is 13.3. The van der Waals surface area contributed by atoms with Gasteiger partial charge in [-0.25, -0.2) is 0 Å². The van der Waals surface area contributed by atoms with Gasteiger partial charge in [-0.2, -0.15) is 0 Å². The number of hydrogen-bond donors (Lipinski definition) is 2. The Morgan fingerprint density at radius 3 is 2.88 bits per heavy atom. The Labute approximate surface area is 105 Å². The van der Waals surface area contributed by atoms with E-state index < -0.39 is 0 Å². The lowest BCUT2D eigenvalue weighted by Gasteiger charge is -2.33. The van der Waals surface area contributed by atoms with E-state index >= 15 is 0 Å². The van der Waals surface area contributed by atoms with E-state index in [0.717, 1.165) is 32.6 Å². The Morgan fingerprint density at radius 2 is 2.12 bits per heavy atom. The van der Waals surface area contributed by atoms with Crippen molar-refractivity contribution >= 4 is 0 Å². The summed E-state index contributed by atoms with van der Waals surface area (Å²) >= 11 is 0. The molecule has 2 aliphatic heterocycles. The normalized spacial score (nSPS) is 36.4. The summed E-state index contributed by atoms with van der Waals surface area (Å²) in [6.07, 6.45) is 4.62. The molecular weight excluding hydrogens is 214 g/mol. The Hall–Kier alpha value is -0.160. The van der Waals surface area contributed by atoms with E-state index in [-0.39, 0.29) is 6.10 Å². The number of aliphatic hydroxyl groups is 1. The number of rotatable bonds is 3. The Bertz CT molecular complexity index is 225. The number of hydrogen-bond acceptors (Lipinski definition) is 4. The van der Waals surface area contributed by atoms with E-state index in [1.54, 1.807) is 0 Å². The van der Waals surface area contributed by atoms with Crippen LogP contribution in [0.4, 0.5) is 0 Å². The van der Waals surface area contributed by atoms with Crippen LogP contribution in [0.1, 0.15) is 25.7 Å². The van der Waals surface area contributed by atoms with E-state index in [1.165, 1.54) is 19.3 Å². The zero-order valence-corrected chi connectivity index (χ0v) is 11.2. The Kier molecular flexibility index (Phi) is 4.79. The first-order chi connectivity index (χ1) is 8.16. The molecule has 0 aromatic heterocycles. The monoisotopic (exact) mass is 241 g/mol. The van der Waals surface area contributed by atoms with Crippen molar-refractivity contribution in [2.45, 2.75) is 43.9 Å². The van der Waals surface area contributed by atoms with Gasteiger partial charge in [0, 0.05) is 25.2 Å². The molecule has 0 amide bonds. The lowest BCUT2D eigenvalue weighted by Crippen LogP contribution is -2.44. The molecule has 0 spiro atoms. The van der Waals surface area contributed by atoms with Gasteiger partial charge >= 0.3 is 0 Å². The van der Waals surface area contributed by atoms with Gasteiger partial charge in [-0.05, 0) is 52.9 Å². The molecule has 2 rings (SSSR count). The third-order valence-electron chi connectivity index (χ3n) is 4.02. The van der Waals surface area contributed by atoms with E-state index in [9.17, 15) is 5.11 Å². The molecule has 0 bridgehead atoms. The van der Waals surface area contributed by atoms with Gasteiger partial charge in [-0.15, -0.1) is 0 Å². The molecule has 0 aromatic rings. The Balaban J connectivity index is 1.95. The molecule has 2 aliphatic rings. The first-order valence-electron chi connectivity index (χ1n) is 6.96. The molecule has 0 aliphatic carbocycles. The molecule has 2 N–H and O–H groups in total. The zero-order chi connectivity index (χ0) is 12.3. The van der Waals surface area contributed by atoms with Crippen LogP contribution in [-0.2, 0) is 0 Å². The summed E-state index contributed by atoms with van der Waals surface area (Å²) in [6.45, 7) is 4.24. The fourth-order valence-corrected chi connectivity index (χ4v) is 3.30. The number of aliphatic hydroxyl groups excluding tert-OH is 1. The summed E-state index contributed by atoms with van der Waals surface area (Å²) < 4.78 is 0. The molecule has 17 heavy (non-hydrogen) atoms.